The van der Waals surface area contributed by atoms with Crippen molar-refractivity contribution in [2.24, 2.45) is 0 Å². The molecule has 0 spiro atoms. The maximum Gasteiger partial charge on any atom is 0.241 e. The number of halogens is 1. The Morgan fingerprint density at radius 2 is 1.90 bits per heavy atom. The maximum atomic E-state index is 13.2. The van der Waals surface area contributed by atoms with Crippen LogP contribution in [0.2, 0.25) is 0 Å². The number of benzene rings is 2. The van der Waals surface area contributed by atoms with E-state index in [-0.39, 0.29) is 36.7 Å². The van der Waals surface area contributed by atoms with Gasteiger partial charge in [-0.25, -0.2) is 0 Å². The number of para-hydroxylation sites is 2. The van der Waals surface area contributed by atoms with E-state index in [1.54, 1.807) is 42.0 Å². The van der Waals surface area contributed by atoms with Gasteiger partial charge in [-0.1, -0.05) is 28.1 Å². The van der Waals surface area contributed by atoms with Crippen LogP contribution in [0, 0.1) is 0 Å². The molecule has 0 bridgehead atoms. The summed E-state index contributed by atoms with van der Waals surface area (Å²) in [5.74, 6) is -0.494. The zero-order valence-corrected chi connectivity index (χ0v) is 18.8. The third-order valence-electron chi connectivity index (χ3n) is 5.16. The summed E-state index contributed by atoms with van der Waals surface area (Å²) >= 11 is 3.37. The maximum absolute atomic E-state index is 13.2. The molecule has 0 saturated carbocycles. The van der Waals surface area contributed by atoms with E-state index in [0.29, 0.717) is 17.1 Å². The third kappa shape index (κ3) is 5.06. The number of hydrogen-bond acceptors (Lipinski definition) is 4. The average molecular weight is 473 g/mol. The molecule has 0 fully saturated rings. The van der Waals surface area contributed by atoms with Crippen molar-refractivity contribution < 1.29 is 14.4 Å². The molecule has 7 nitrogen and oxygen atoms in total. The van der Waals surface area contributed by atoms with E-state index in [9.17, 15) is 14.4 Å². The first kappa shape index (κ1) is 22.0. The fourth-order valence-electron chi connectivity index (χ4n) is 3.37. The second-order valence-electron chi connectivity index (χ2n) is 7.47. The summed E-state index contributed by atoms with van der Waals surface area (Å²) in [4.78, 5) is 41.3. The quantitative estimate of drug-likeness (QED) is 0.697. The topological polar surface area (TPSA) is 81.8 Å². The standard InChI is InChI=1S/C22H25BrN4O3/c1-14-12-20(28)25-18-6-4-5-7-19(18)27(14)21(29)13-26(3)15(2)22(30)24-17-10-8-16(23)9-11-17/h4-11,14-15H,12-13H2,1-3H3,(H,24,30)(H,25,28)/t14-,15+/m1/s1. The number of fused-ring (bicyclic) bond motifs is 1. The zero-order chi connectivity index (χ0) is 21.8. The molecule has 158 valence electrons. The summed E-state index contributed by atoms with van der Waals surface area (Å²) in [6.45, 7) is 3.65. The van der Waals surface area contributed by atoms with Crippen molar-refractivity contribution in [2.45, 2.75) is 32.4 Å². The molecule has 2 aromatic carbocycles. The second-order valence-corrected chi connectivity index (χ2v) is 8.39. The molecule has 8 heteroatoms. The molecule has 0 aliphatic carbocycles. The number of carbonyl (C=O) groups excluding carboxylic acids is 3. The Balaban J connectivity index is 1.70. The van der Waals surface area contributed by atoms with Crippen molar-refractivity contribution in [3.63, 3.8) is 0 Å². The van der Waals surface area contributed by atoms with Gasteiger partial charge in [0.25, 0.3) is 0 Å². The molecule has 30 heavy (non-hydrogen) atoms. The van der Waals surface area contributed by atoms with Crippen LogP contribution in [0.5, 0.6) is 0 Å². The van der Waals surface area contributed by atoms with Crippen molar-refractivity contribution in [3.8, 4) is 0 Å². The molecule has 0 saturated heterocycles. The van der Waals surface area contributed by atoms with Gasteiger partial charge in [-0.3, -0.25) is 19.3 Å². The molecule has 1 aliphatic heterocycles. The third-order valence-corrected chi connectivity index (χ3v) is 5.69. The summed E-state index contributed by atoms with van der Waals surface area (Å²) in [5, 5.41) is 5.71. The highest BCUT2D eigenvalue weighted by Crippen LogP contribution is 2.31. The zero-order valence-electron chi connectivity index (χ0n) is 17.2. The molecule has 1 heterocycles. The summed E-state index contributed by atoms with van der Waals surface area (Å²) in [5.41, 5.74) is 1.97. The van der Waals surface area contributed by atoms with Crippen molar-refractivity contribution in [2.75, 3.05) is 29.1 Å². The molecular weight excluding hydrogens is 448 g/mol. The highest BCUT2D eigenvalue weighted by molar-refractivity contribution is 9.10. The number of nitrogens with one attached hydrogen (secondary N) is 2. The van der Waals surface area contributed by atoms with Gasteiger partial charge >= 0.3 is 0 Å². The lowest BCUT2D eigenvalue weighted by Crippen LogP contribution is -2.48. The van der Waals surface area contributed by atoms with E-state index in [4.69, 9.17) is 0 Å². The number of anilines is 3. The first-order valence-electron chi connectivity index (χ1n) is 9.74. The van der Waals surface area contributed by atoms with Crippen LogP contribution in [-0.2, 0) is 14.4 Å². The normalized spacial score (nSPS) is 17.0. The Hall–Kier alpha value is -2.71. The van der Waals surface area contributed by atoms with Gasteiger partial charge < -0.3 is 15.5 Å². The van der Waals surface area contributed by atoms with Gasteiger partial charge in [0, 0.05) is 22.6 Å². The van der Waals surface area contributed by atoms with E-state index in [1.807, 2.05) is 37.3 Å². The smallest absolute Gasteiger partial charge is 0.241 e. The summed E-state index contributed by atoms with van der Waals surface area (Å²) in [6.07, 6.45) is 0.212. The molecule has 2 atom stereocenters. The summed E-state index contributed by atoms with van der Waals surface area (Å²) < 4.78 is 0.927. The van der Waals surface area contributed by atoms with E-state index in [0.717, 1.165) is 4.47 Å². The van der Waals surface area contributed by atoms with Crippen molar-refractivity contribution >= 4 is 50.7 Å². The summed E-state index contributed by atoms with van der Waals surface area (Å²) in [6, 6.07) is 13.8. The molecule has 0 unspecified atom stereocenters. The highest BCUT2D eigenvalue weighted by Gasteiger charge is 2.31. The minimum absolute atomic E-state index is 0.0434. The van der Waals surface area contributed by atoms with Crippen molar-refractivity contribution in [1.82, 2.24) is 4.90 Å². The van der Waals surface area contributed by atoms with Crippen LogP contribution in [-0.4, -0.2) is 48.3 Å². The van der Waals surface area contributed by atoms with Gasteiger partial charge in [0.05, 0.1) is 24.0 Å². The van der Waals surface area contributed by atoms with Gasteiger partial charge in [0.15, 0.2) is 0 Å². The van der Waals surface area contributed by atoms with E-state index >= 15 is 0 Å². The molecule has 2 N–H and O–H groups in total. The molecule has 2 aromatic rings. The Labute approximate surface area is 184 Å². The number of rotatable bonds is 5. The van der Waals surface area contributed by atoms with Crippen molar-refractivity contribution in [1.29, 1.82) is 0 Å². The van der Waals surface area contributed by atoms with Crippen LogP contribution in [0.1, 0.15) is 20.3 Å². The Morgan fingerprint density at radius 1 is 1.23 bits per heavy atom. The van der Waals surface area contributed by atoms with Gasteiger partial charge in [-0.05, 0) is 57.3 Å². The number of carbonyl (C=O) groups is 3. The monoisotopic (exact) mass is 472 g/mol. The molecule has 3 amide bonds. The van der Waals surface area contributed by atoms with Crippen molar-refractivity contribution in [3.05, 3.63) is 53.0 Å². The van der Waals surface area contributed by atoms with E-state index in [2.05, 4.69) is 26.6 Å². The number of likely N-dealkylation sites (N-methyl/N-ethyl adjacent to an activating group) is 1. The predicted octanol–water partition coefficient (Wildman–Crippen LogP) is 3.47. The minimum Gasteiger partial charge on any atom is -0.325 e. The van der Waals surface area contributed by atoms with Crippen LogP contribution >= 0.6 is 15.9 Å². The molecular formula is C22H25BrN4O3. The minimum atomic E-state index is -0.519. The van der Waals surface area contributed by atoms with Crippen LogP contribution in [0.3, 0.4) is 0 Å². The highest BCUT2D eigenvalue weighted by atomic mass is 79.9. The SMILES string of the molecule is C[C@@H]1CC(=O)Nc2ccccc2N1C(=O)CN(C)[C@@H](C)C(=O)Nc1ccc(Br)cc1. The lowest BCUT2D eigenvalue weighted by Gasteiger charge is -2.31. The summed E-state index contributed by atoms with van der Waals surface area (Å²) in [7, 11) is 1.74. The van der Waals surface area contributed by atoms with Gasteiger partial charge in [0.1, 0.15) is 0 Å². The first-order valence-corrected chi connectivity index (χ1v) is 10.5. The molecule has 3 rings (SSSR count). The van der Waals surface area contributed by atoms with Crippen LogP contribution in [0.15, 0.2) is 53.0 Å². The van der Waals surface area contributed by atoms with E-state index < -0.39 is 6.04 Å². The predicted molar refractivity (Wildman–Crippen MR) is 122 cm³/mol. The van der Waals surface area contributed by atoms with Crippen LogP contribution in [0.25, 0.3) is 0 Å². The Kier molecular flexibility index (Phi) is 6.89. The first-order chi connectivity index (χ1) is 14.3. The van der Waals surface area contributed by atoms with Crippen LogP contribution < -0.4 is 15.5 Å². The second kappa shape index (κ2) is 9.40. The van der Waals surface area contributed by atoms with Gasteiger partial charge in [-0.2, -0.15) is 0 Å². The fourth-order valence-corrected chi connectivity index (χ4v) is 3.64. The fraction of sp³-hybridized carbons (Fsp3) is 0.318. The molecule has 0 aromatic heterocycles. The molecule has 0 radical (unpaired) electrons. The number of hydrogen-bond donors (Lipinski definition) is 2. The van der Waals surface area contributed by atoms with Crippen LogP contribution in [0.4, 0.5) is 17.1 Å². The lowest BCUT2D eigenvalue weighted by molar-refractivity contribution is -0.123. The Morgan fingerprint density at radius 3 is 2.60 bits per heavy atom. The van der Waals surface area contributed by atoms with Gasteiger partial charge in [-0.15, -0.1) is 0 Å². The Bertz CT molecular complexity index is 948. The average Bonchev–Trinajstić information content (AvgIpc) is 2.83. The largest absolute Gasteiger partial charge is 0.325 e. The number of amides is 3. The molecule has 1 aliphatic rings. The lowest BCUT2D eigenvalue weighted by atomic mass is 10.1. The van der Waals surface area contributed by atoms with Gasteiger partial charge in [0.2, 0.25) is 17.7 Å². The number of nitrogens with zero attached hydrogens (tertiary/aromatic N) is 2. The van der Waals surface area contributed by atoms with E-state index in [1.165, 1.54) is 0 Å².